The first-order valence-corrected chi connectivity index (χ1v) is 5.85. The standard InChI is InChI=1S/C12H13BrN2O/c13-11-5-3-4-10(8-11)12(16)9-14-15-6-1-2-7-15/h1-8,12,14,16H,9H2. The molecule has 0 spiro atoms. The molecule has 1 atom stereocenters. The van der Waals surface area contributed by atoms with Gasteiger partial charge in [0.25, 0.3) is 0 Å². The van der Waals surface area contributed by atoms with E-state index in [2.05, 4.69) is 21.4 Å². The summed E-state index contributed by atoms with van der Waals surface area (Å²) < 4.78 is 2.80. The molecule has 3 nitrogen and oxygen atoms in total. The van der Waals surface area contributed by atoms with Crippen molar-refractivity contribution in [3.8, 4) is 0 Å². The molecule has 16 heavy (non-hydrogen) atoms. The van der Waals surface area contributed by atoms with Crippen molar-refractivity contribution in [3.05, 3.63) is 58.8 Å². The fourth-order valence-corrected chi connectivity index (χ4v) is 1.88. The van der Waals surface area contributed by atoms with Crippen LogP contribution in [0.25, 0.3) is 0 Å². The lowest BCUT2D eigenvalue weighted by molar-refractivity contribution is 0.188. The van der Waals surface area contributed by atoms with Crippen LogP contribution in [0.2, 0.25) is 0 Å². The minimum atomic E-state index is -0.514. The number of benzene rings is 1. The van der Waals surface area contributed by atoms with Crippen molar-refractivity contribution < 1.29 is 5.11 Å². The predicted molar refractivity (Wildman–Crippen MR) is 67.8 cm³/mol. The van der Waals surface area contributed by atoms with E-state index in [0.717, 1.165) is 10.0 Å². The molecular weight excluding hydrogens is 268 g/mol. The van der Waals surface area contributed by atoms with Gasteiger partial charge >= 0.3 is 0 Å². The van der Waals surface area contributed by atoms with E-state index in [9.17, 15) is 5.11 Å². The summed E-state index contributed by atoms with van der Waals surface area (Å²) in [5.74, 6) is 0. The number of rotatable bonds is 4. The van der Waals surface area contributed by atoms with Gasteiger partial charge in [-0.3, -0.25) is 4.68 Å². The highest BCUT2D eigenvalue weighted by atomic mass is 79.9. The van der Waals surface area contributed by atoms with Gasteiger partial charge in [-0.1, -0.05) is 28.1 Å². The number of halogens is 1. The van der Waals surface area contributed by atoms with Crippen LogP contribution in [0, 0.1) is 0 Å². The van der Waals surface area contributed by atoms with Gasteiger partial charge in [0, 0.05) is 16.9 Å². The Morgan fingerprint density at radius 1 is 1.25 bits per heavy atom. The third-order valence-corrected chi connectivity index (χ3v) is 2.80. The first-order chi connectivity index (χ1) is 7.75. The van der Waals surface area contributed by atoms with E-state index in [1.54, 1.807) is 0 Å². The van der Waals surface area contributed by atoms with Gasteiger partial charge in [0.2, 0.25) is 0 Å². The lowest BCUT2D eigenvalue weighted by Gasteiger charge is -2.14. The molecule has 0 saturated carbocycles. The molecule has 1 aromatic heterocycles. The maximum Gasteiger partial charge on any atom is 0.0978 e. The molecule has 0 fully saturated rings. The van der Waals surface area contributed by atoms with Crippen LogP contribution in [0.15, 0.2) is 53.3 Å². The minimum Gasteiger partial charge on any atom is -0.386 e. The van der Waals surface area contributed by atoms with Crippen LogP contribution in [-0.4, -0.2) is 16.3 Å². The molecule has 0 aliphatic rings. The van der Waals surface area contributed by atoms with E-state index < -0.39 is 6.10 Å². The van der Waals surface area contributed by atoms with Gasteiger partial charge in [-0.2, -0.15) is 0 Å². The molecule has 84 valence electrons. The number of aliphatic hydroxyl groups excluding tert-OH is 1. The Morgan fingerprint density at radius 2 is 2.00 bits per heavy atom. The van der Waals surface area contributed by atoms with Crippen molar-refractivity contribution in [1.29, 1.82) is 0 Å². The molecule has 0 aliphatic heterocycles. The van der Waals surface area contributed by atoms with Crippen LogP contribution in [0.5, 0.6) is 0 Å². The fraction of sp³-hybridized carbons (Fsp3) is 0.167. The molecule has 2 N–H and O–H groups in total. The zero-order chi connectivity index (χ0) is 11.4. The maximum absolute atomic E-state index is 9.95. The van der Waals surface area contributed by atoms with Crippen molar-refractivity contribution in [2.75, 3.05) is 12.0 Å². The van der Waals surface area contributed by atoms with E-state index in [1.165, 1.54) is 0 Å². The molecule has 4 heteroatoms. The van der Waals surface area contributed by atoms with E-state index in [0.29, 0.717) is 6.54 Å². The minimum absolute atomic E-state index is 0.477. The fourth-order valence-electron chi connectivity index (χ4n) is 1.46. The van der Waals surface area contributed by atoms with Gasteiger partial charge in [0.15, 0.2) is 0 Å². The first-order valence-electron chi connectivity index (χ1n) is 5.06. The molecule has 0 amide bonds. The summed E-state index contributed by atoms with van der Waals surface area (Å²) >= 11 is 3.38. The molecule has 2 rings (SSSR count). The number of nitrogens with one attached hydrogen (secondary N) is 1. The Morgan fingerprint density at radius 3 is 2.69 bits per heavy atom. The highest BCUT2D eigenvalue weighted by Gasteiger charge is 2.06. The smallest absolute Gasteiger partial charge is 0.0978 e. The van der Waals surface area contributed by atoms with Crippen molar-refractivity contribution in [2.24, 2.45) is 0 Å². The summed E-state index contributed by atoms with van der Waals surface area (Å²) in [7, 11) is 0. The Labute approximate surface area is 103 Å². The van der Waals surface area contributed by atoms with E-state index in [1.807, 2.05) is 53.5 Å². The van der Waals surface area contributed by atoms with Gasteiger partial charge in [-0.15, -0.1) is 0 Å². The summed E-state index contributed by atoms with van der Waals surface area (Å²) in [6.45, 7) is 0.477. The van der Waals surface area contributed by atoms with Crippen LogP contribution >= 0.6 is 15.9 Å². The molecular formula is C12H13BrN2O. The van der Waals surface area contributed by atoms with Crippen molar-refractivity contribution in [3.63, 3.8) is 0 Å². The third-order valence-electron chi connectivity index (χ3n) is 2.31. The van der Waals surface area contributed by atoms with Crippen molar-refractivity contribution in [2.45, 2.75) is 6.10 Å². The second-order valence-corrected chi connectivity index (χ2v) is 4.44. The van der Waals surface area contributed by atoms with Gasteiger partial charge in [0.1, 0.15) is 0 Å². The topological polar surface area (TPSA) is 37.2 Å². The van der Waals surface area contributed by atoms with Crippen LogP contribution in [0.1, 0.15) is 11.7 Å². The Balaban J connectivity index is 1.95. The largest absolute Gasteiger partial charge is 0.386 e. The van der Waals surface area contributed by atoms with Gasteiger partial charge in [0.05, 0.1) is 12.6 Å². The van der Waals surface area contributed by atoms with Gasteiger partial charge in [-0.25, -0.2) is 0 Å². The van der Waals surface area contributed by atoms with Crippen molar-refractivity contribution >= 4 is 15.9 Å². The molecule has 0 aliphatic carbocycles. The molecule has 2 aromatic rings. The average molecular weight is 281 g/mol. The zero-order valence-electron chi connectivity index (χ0n) is 8.68. The SMILES string of the molecule is OC(CNn1cccc1)c1cccc(Br)c1. The number of hydrogen-bond acceptors (Lipinski definition) is 2. The summed E-state index contributed by atoms with van der Waals surface area (Å²) in [4.78, 5) is 0. The normalized spacial score (nSPS) is 12.4. The Bertz CT molecular complexity index is 442. The van der Waals surface area contributed by atoms with E-state index in [-0.39, 0.29) is 0 Å². The van der Waals surface area contributed by atoms with Gasteiger partial charge in [-0.05, 0) is 29.8 Å². The van der Waals surface area contributed by atoms with E-state index in [4.69, 9.17) is 0 Å². The molecule has 1 heterocycles. The zero-order valence-corrected chi connectivity index (χ0v) is 10.3. The number of hydrogen-bond donors (Lipinski definition) is 2. The second-order valence-electron chi connectivity index (χ2n) is 3.52. The quantitative estimate of drug-likeness (QED) is 0.903. The third kappa shape index (κ3) is 2.87. The monoisotopic (exact) mass is 280 g/mol. The summed E-state index contributed by atoms with van der Waals surface area (Å²) in [5, 5.41) is 9.95. The Kier molecular flexibility index (Phi) is 3.64. The summed E-state index contributed by atoms with van der Waals surface area (Å²) in [5.41, 5.74) is 3.99. The number of aliphatic hydroxyl groups is 1. The molecule has 0 radical (unpaired) electrons. The number of aromatic nitrogens is 1. The Hall–Kier alpha value is -1.26. The molecule has 1 unspecified atom stereocenters. The lowest BCUT2D eigenvalue weighted by Crippen LogP contribution is -2.19. The predicted octanol–water partition coefficient (Wildman–Crippen LogP) is 2.53. The van der Waals surface area contributed by atoms with Crippen LogP contribution in [0.4, 0.5) is 0 Å². The van der Waals surface area contributed by atoms with Gasteiger partial charge < -0.3 is 10.5 Å². The second kappa shape index (κ2) is 5.18. The molecule has 1 aromatic carbocycles. The average Bonchev–Trinajstić information content (AvgIpc) is 2.78. The summed E-state index contributed by atoms with van der Waals surface area (Å²) in [6.07, 6.45) is 3.28. The summed E-state index contributed by atoms with van der Waals surface area (Å²) in [6, 6.07) is 11.5. The first kappa shape index (κ1) is 11.2. The highest BCUT2D eigenvalue weighted by Crippen LogP contribution is 2.17. The van der Waals surface area contributed by atoms with Crippen LogP contribution < -0.4 is 5.43 Å². The molecule has 0 bridgehead atoms. The van der Waals surface area contributed by atoms with Crippen LogP contribution in [0.3, 0.4) is 0 Å². The lowest BCUT2D eigenvalue weighted by atomic mass is 10.1. The van der Waals surface area contributed by atoms with E-state index >= 15 is 0 Å². The highest BCUT2D eigenvalue weighted by molar-refractivity contribution is 9.10. The number of nitrogens with zero attached hydrogens (tertiary/aromatic N) is 1. The molecule has 0 saturated heterocycles. The van der Waals surface area contributed by atoms with Crippen molar-refractivity contribution in [1.82, 2.24) is 4.68 Å². The maximum atomic E-state index is 9.95. The van der Waals surface area contributed by atoms with Crippen LogP contribution in [-0.2, 0) is 0 Å².